The molecule has 112 valence electrons. The minimum atomic E-state index is -4.42. The summed E-state index contributed by atoms with van der Waals surface area (Å²) in [5, 5.41) is 5.41. The molecule has 1 amide bonds. The summed E-state index contributed by atoms with van der Waals surface area (Å²) in [7, 11) is 1.71. The number of alkyl halides is 3. The number of carbonyl (C=O) groups excluding carboxylic acids is 1. The number of nitrogens with one attached hydrogen (secondary N) is 2. The van der Waals surface area contributed by atoms with Gasteiger partial charge >= 0.3 is 6.18 Å². The molecule has 0 aliphatic heterocycles. The van der Waals surface area contributed by atoms with Crippen LogP contribution >= 0.6 is 0 Å². The third-order valence-corrected chi connectivity index (χ3v) is 2.49. The van der Waals surface area contributed by atoms with E-state index in [9.17, 15) is 18.0 Å². The van der Waals surface area contributed by atoms with E-state index < -0.39 is 12.8 Å². The number of hydrogen-bond donors (Lipinski definition) is 2. The maximum absolute atomic E-state index is 12.1. The number of halogens is 3. The Morgan fingerprint density at radius 1 is 1.35 bits per heavy atom. The van der Waals surface area contributed by atoms with Crippen molar-refractivity contribution in [2.24, 2.45) is 5.92 Å². The molecule has 0 aromatic heterocycles. The van der Waals surface area contributed by atoms with Gasteiger partial charge in [0.05, 0.1) is 5.69 Å². The number of hydrogen-bond acceptors (Lipinski definition) is 3. The molecule has 7 heteroatoms. The van der Waals surface area contributed by atoms with Gasteiger partial charge in [-0.1, -0.05) is 19.1 Å². The number of amides is 1. The van der Waals surface area contributed by atoms with Crippen LogP contribution < -0.4 is 15.4 Å². The van der Waals surface area contributed by atoms with Crippen molar-refractivity contribution in [2.75, 3.05) is 25.5 Å². The average molecular weight is 290 g/mol. The van der Waals surface area contributed by atoms with Crippen LogP contribution in [-0.2, 0) is 4.79 Å². The molecule has 0 heterocycles. The highest BCUT2D eigenvalue weighted by Gasteiger charge is 2.29. The van der Waals surface area contributed by atoms with Crippen LogP contribution in [0.5, 0.6) is 5.75 Å². The minimum Gasteiger partial charge on any atom is -0.482 e. The van der Waals surface area contributed by atoms with E-state index >= 15 is 0 Å². The van der Waals surface area contributed by atoms with Crippen molar-refractivity contribution in [1.29, 1.82) is 0 Å². The highest BCUT2D eigenvalue weighted by molar-refractivity contribution is 5.93. The number of ether oxygens (including phenoxy) is 1. The van der Waals surface area contributed by atoms with Crippen molar-refractivity contribution in [3.05, 3.63) is 24.3 Å². The van der Waals surface area contributed by atoms with Crippen LogP contribution in [0.3, 0.4) is 0 Å². The molecular formula is C13H17F3N2O2. The van der Waals surface area contributed by atoms with Crippen LogP contribution in [0.15, 0.2) is 24.3 Å². The highest BCUT2D eigenvalue weighted by Crippen LogP contribution is 2.26. The van der Waals surface area contributed by atoms with Gasteiger partial charge in [-0.3, -0.25) is 4.79 Å². The lowest BCUT2D eigenvalue weighted by molar-refractivity contribution is -0.153. The predicted molar refractivity (Wildman–Crippen MR) is 69.7 cm³/mol. The molecule has 0 saturated carbocycles. The topological polar surface area (TPSA) is 50.4 Å². The zero-order valence-corrected chi connectivity index (χ0v) is 11.3. The molecule has 0 aliphatic rings. The zero-order chi connectivity index (χ0) is 15.2. The fourth-order valence-electron chi connectivity index (χ4n) is 1.51. The van der Waals surface area contributed by atoms with Crippen molar-refractivity contribution < 1.29 is 22.7 Å². The highest BCUT2D eigenvalue weighted by atomic mass is 19.4. The quantitative estimate of drug-likeness (QED) is 0.846. The van der Waals surface area contributed by atoms with Gasteiger partial charge in [0.25, 0.3) is 0 Å². The summed E-state index contributed by atoms with van der Waals surface area (Å²) in [4.78, 5) is 11.8. The summed E-state index contributed by atoms with van der Waals surface area (Å²) in [6.07, 6.45) is -4.42. The molecule has 1 rings (SSSR count). The van der Waals surface area contributed by atoms with Gasteiger partial charge in [0.2, 0.25) is 5.91 Å². The normalized spacial score (nSPS) is 12.8. The molecule has 0 radical (unpaired) electrons. The van der Waals surface area contributed by atoms with E-state index in [0.29, 0.717) is 6.54 Å². The van der Waals surface area contributed by atoms with Gasteiger partial charge < -0.3 is 15.4 Å². The maximum Gasteiger partial charge on any atom is 0.422 e. The van der Waals surface area contributed by atoms with Gasteiger partial charge in [-0.25, -0.2) is 0 Å². The molecule has 0 bridgehead atoms. The van der Waals surface area contributed by atoms with E-state index in [-0.39, 0.29) is 23.3 Å². The monoisotopic (exact) mass is 290 g/mol. The van der Waals surface area contributed by atoms with Crippen molar-refractivity contribution in [3.8, 4) is 5.75 Å². The number of carbonyl (C=O) groups is 1. The molecule has 1 aromatic rings. The lowest BCUT2D eigenvalue weighted by Gasteiger charge is -2.16. The summed E-state index contributed by atoms with van der Waals surface area (Å²) >= 11 is 0. The smallest absolute Gasteiger partial charge is 0.422 e. The standard InChI is InChI=1S/C13H17F3N2O2/c1-9(7-17-2)12(19)18-10-5-3-4-6-11(10)20-8-13(14,15)16/h3-6,9,17H,7-8H2,1-2H3,(H,18,19). The van der Waals surface area contributed by atoms with Gasteiger partial charge in [0, 0.05) is 12.5 Å². The Kier molecular flexibility index (Phi) is 5.82. The van der Waals surface area contributed by atoms with Gasteiger partial charge in [-0.15, -0.1) is 0 Å². The summed E-state index contributed by atoms with van der Waals surface area (Å²) in [6, 6.07) is 6.02. The van der Waals surface area contributed by atoms with Gasteiger partial charge in [-0.2, -0.15) is 13.2 Å². The summed E-state index contributed by atoms with van der Waals surface area (Å²) in [5.41, 5.74) is 0.227. The number of anilines is 1. The van der Waals surface area contributed by atoms with Crippen LogP contribution in [0.2, 0.25) is 0 Å². The second-order valence-electron chi connectivity index (χ2n) is 4.35. The second kappa shape index (κ2) is 7.14. The first-order chi connectivity index (χ1) is 9.33. The third kappa shape index (κ3) is 5.48. The molecule has 1 aromatic carbocycles. The zero-order valence-electron chi connectivity index (χ0n) is 11.3. The molecular weight excluding hydrogens is 273 g/mol. The molecule has 1 atom stereocenters. The van der Waals surface area contributed by atoms with E-state index in [0.717, 1.165) is 0 Å². The van der Waals surface area contributed by atoms with Crippen LogP contribution in [0.25, 0.3) is 0 Å². The first-order valence-corrected chi connectivity index (χ1v) is 6.07. The van der Waals surface area contributed by atoms with Crippen molar-refractivity contribution in [2.45, 2.75) is 13.1 Å². The fraction of sp³-hybridized carbons (Fsp3) is 0.462. The van der Waals surface area contributed by atoms with E-state index in [1.807, 2.05) is 0 Å². The Morgan fingerprint density at radius 2 is 2.00 bits per heavy atom. The molecule has 0 spiro atoms. The number of rotatable bonds is 6. The SMILES string of the molecule is CNCC(C)C(=O)Nc1ccccc1OCC(F)(F)F. The summed E-state index contributed by atoms with van der Waals surface area (Å²) < 4.78 is 41.1. The Bertz CT molecular complexity index is 449. The van der Waals surface area contributed by atoms with Crippen LogP contribution in [-0.4, -0.2) is 32.3 Å². The maximum atomic E-state index is 12.1. The van der Waals surface area contributed by atoms with Crippen molar-refractivity contribution in [1.82, 2.24) is 5.32 Å². The molecule has 0 aliphatic carbocycles. The molecule has 0 fully saturated rings. The van der Waals surface area contributed by atoms with Crippen LogP contribution in [0, 0.1) is 5.92 Å². The molecule has 20 heavy (non-hydrogen) atoms. The van der Waals surface area contributed by atoms with Gasteiger partial charge in [-0.05, 0) is 19.2 Å². The van der Waals surface area contributed by atoms with E-state index in [1.54, 1.807) is 26.1 Å². The lowest BCUT2D eigenvalue weighted by Crippen LogP contribution is -2.29. The van der Waals surface area contributed by atoms with E-state index in [2.05, 4.69) is 15.4 Å². The predicted octanol–water partition coefficient (Wildman–Crippen LogP) is 2.42. The first kappa shape index (κ1) is 16.3. The largest absolute Gasteiger partial charge is 0.482 e. The Hall–Kier alpha value is -1.76. The average Bonchev–Trinajstić information content (AvgIpc) is 2.37. The molecule has 4 nitrogen and oxygen atoms in total. The van der Waals surface area contributed by atoms with E-state index in [1.165, 1.54) is 12.1 Å². The van der Waals surface area contributed by atoms with Gasteiger partial charge in [0.15, 0.2) is 6.61 Å². The first-order valence-electron chi connectivity index (χ1n) is 6.07. The van der Waals surface area contributed by atoms with Crippen molar-refractivity contribution >= 4 is 11.6 Å². The van der Waals surface area contributed by atoms with E-state index in [4.69, 9.17) is 0 Å². The fourth-order valence-corrected chi connectivity index (χ4v) is 1.51. The molecule has 0 saturated heterocycles. The van der Waals surface area contributed by atoms with Gasteiger partial charge in [0.1, 0.15) is 5.75 Å². The lowest BCUT2D eigenvalue weighted by atomic mass is 10.1. The molecule has 2 N–H and O–H groups in total. The van der Waals surface area contributed by atoms with Crippen LogP contribution in [0.4, 0.5) is 18.9 Å². The number of benzene rings is 1. The minimum absolute atomic E-state index is 0.00478. The van der Waals surface area contributed by atoms with Crippen LogP contribution in [0.1, 0.15) is 6.92 Å². The summed E-state index contributed by atoms with van der Waals surface area (Å²) in [6.45, 7) is 0.786. The molecule has 1 unspecified atom stereocenters. The Morgan fingerprint density at radius 3 is 2.60 bits per heavy atom. The Labute approximate surface area is 115 Å². The summed E-state index contributed by atoms with van der Waals surface area (Å²) in [5.74, 6) is -0.604. The Balaban J connectivity index is 2.72. The number of para-hydroxylation sites is 2. The third-order valence-electron chi connectivity index (χ3n) is 2.49. The van der Waals surface area contributed by atoms with Crippen molar-refractivity contribution in [3.63, 3.8) is 0 Å². The second-order valence-corrected chi connectivity index (χ2v) is 4.35.